The lowest BCUT2D eigenvalue weighted by atomic mass is 9.87. The van der Waals surface area contributed by atoms with Crippen LogP contribution in [-0.2, 0) is 23.8 Å². The molecule has 0 unspecified atom stereocenters. The number of anilines is 1. The fourth-order valence-electron chi connectivity index (χ4n) is 5.32. The van der Waals surface area contributed by atoms with Crippen molar-refractivity contribution in [2.45, 2.75) is 41.6 Å². The molecule has 5 nitrogen and oxygen atoms in total. The molecule has 2 amide bonds. The predicted molar refractivity (Wildman–Crippen MR) is 149 cm³/mol. The van der Waals surface area contributed by atoms with E-state index in [0.717, 1.165) is 30.4 Å². The molecule has 0 radical (unpaired) electrons. The molecule has 4 aromatic carbocycles. The lowest BCUT2D eigenvalue weighted by Crippen LogP contribution is -2.32. The second kappa shape index (κ2) is 10.2. The largest absolute Gasteiger partial charge is 0.345 e. The number of carbonyl (C=O) groups excluding carboxylic acids is 2. The Morgan fingerprint density at radius 3 is 2.63 bits per heavy atom. The number of fused-ring (bicyclic) bond motifs is 3. The van der Waals surface area contributed by atoms with Crippen molar-refractivity contribution in [1.82, 2.24) is 5.32 Å². The van der Waals surface area contributed by atoms with Gasteiger partial charge in [0.15, 0.2) is 0 Å². The van der Waals surface area contributed by atoms with Gasteiger partial charge in [-0.15, -0.1) is 0 Å². The van der Waals surface area contributed by atoms with Gasteiger partial charge >= 0.3 is 0 Å². The van der Waals surface area contributed by atoms with E-state index in [-0.39, 0.29) is 24.4 Å². The molecule has 0 aromatic heterocycles. The zero-order chi connectivity index (χ0) is 26.2. The van der Waals surface area contributed by atoms with Crippen molar-refractivity contribution in [1.29, 1.82) is 0 Å². The Morgan fingerprint density at radius 2 is 1.76 bits per heavy atom. The van der Waals surface area contributed by atoms with Crippen LogP contribution in [0.5, 0.6) is 0 Å². The van der Waals surface area contributed by atoms with Crippen molar-refractivity contribution < 1.29 is 13.8 Å². The number of amides is 2. The molecule has 6 rings (SSSR count). The third kappa shape index (κ3) is 4.55. The molecule has 4 aromatic rings. The molecule has 7 heteroatoms. The Hall–Kier alpha value is -3.74. The van der Waals surface area contributed by atoms with Gasteiger partial charge in [0.25, 0.3) is 11.8 Å². The van der Waals surface area contributed by atoms with E-state index in [9.17, 15) is 13.8 Å². The third-order valence-corrected chi connectivity index (χ3v) is 8.91. The Bertz CT molecular complexity index is 1600. The average Bonchev–Trinajstić information content (AvgIpc) is 3.02. The Labute approximate surface area is 228 Å². The molecular formula is C31H25ClN2O3S. The number of nitrogens with one attached hydrogen (secondary N) is 1. The number of carbonyl (C=O) groups is 2. The summed E-state index contributed by atoms with van der Waals surface area (Å²) in [6.45, 7) is 0.221. The highest BCUT2D eigenvalue weighted by Gasteiger charge is 2.32. The van der Waals surface area contributed by atoms with Crippen LogP contribution in [0.15, 0.2) is 101 Å². The predicted octanol–water partition coefficient (Wildman–Crippen LogP) is 6.47. The van der Waals surface area contributed by atoms with Crippen LogP contribution in [0.25, 0.3) is 0 Å². The van der Waals surface area contributed by atoms with Gasteiger partial charge in [0, 0.05) is 10.6 Å². The molecule has 0 saturated carbocycles. The summed E-state index contributed by atoms with van der Waals surface area (Å²) >= 11 is 6.23. The molecule has 1 aliphatic heterocycles. The van der Waals surface area contributed by atoms with Crippen LogP contribution >= 0.6 is 11.6 Å². The van der Waals surface area contributed by atoms with E-state index in [1.54, 1.807) is 59.5 Å². The van der Waals surface area contributed by atoms with Gasteiger partial charge < -0.3 is 10.2 Å². The summed E-state index contributed by atoms with van der Waals surface area (Å²) in [5, 5.41) is 3.75. The first kappa shape index (κ1) is 24.6. The first-order chi connectivity index (χ1) is 18.5. The molecule has 0 spiro atoms. The van der Waals surface area contributed by atoms with Crippen LogP contribution < -0.4 is 10.2 Å². The Kier molecular flexibility index (Phi) is 6.60. The van der Waals surface area contributed by atoms with Crippen LogP contribution in [0, 0.1) is 0 Å². The molecule has 0 bridgehead atoms. The zero-order valence-corrected chi connectivity index (χ0v) is 22.1. The molecule has 2 aliphatic rings. The van der Waals surface area contributed by atoms with E-state index >= 15 is 0 Å². The highest BCUT2D eigenvalue weighted by Crippen LogP contribution is 2.37. The summed E-state index contributed by atoms with van der Waals surface area (Å²) in [7, 11) is -1.59. The second-order valence-electron chi connectivity index (χ2n) is 9.59. The van der Waals surface area contributed by atoms with E-state index in [2.05, 4.69) is 17.4 Å². The lowest BCUT2D eigenvalue weighted by Gasteiger charge is -2.27. The number of rotatable bonds is 4. The summed E-state index contributed by atoms with van der Waals surface area (Å²) in [4.78, 5) is 29.9. The van der Waals surface area contributed by atoms with E-state index in [1.165, 1.54) is 5.56 Å². The van der Waals surface area contributed by atoms with Crippen LogP contribution in [-0.4, -0.2) is 16.0 Å². The fourth-order valence-corrected chi connectivity index (χ4v) is 6.88. The number of aryl methyl sites for hydroxylation is 1. The van der Waals surface area contributed by atoms with Crippen molar-refractivity contribution in [3.63, 3.8) is 0 Å². The molecule has 1 N–H and O–H groups in total. The maximum atomic E-state index is 13.8. The minimum absolute atomic E-state index is 0.0751. The number of nitrogens with zero attached hydrogens (tertiary/aromatic N) is 1. The first-order valence-corrected chi connectivity index (χ1v) is 14.1. The van der Waals surface area contributed by atoms with Gasteiger partial charge in [0.1, 0.15) is 0 Å². The van der Waals surface area contributed by atoms with E-state index in [4.69, 9.17) is 11.6 Å². The van der Waals surface area contributed by atoms with Crippen LogP contribution in [0.4, 0.5) is 5.69 Å². The zero-order valence-electron chi connectivity index (χ0n) is 20.5. The standard InChI is InChI=1S/C31H25ClN2O3S/c32-23-10-5-7-20(17-23)19-34-27-18-22(30(35)33-26-13-6-9-21-8-1-2-11-24(21)26)15-16-29(27)38(37)28-14-4-3-12-25(28)31(34)36/h1-5,7-8,10-12,14-18,26H,6,9,13,19H2,(H,33,35)/t26-,38+/m1/s1. The van der Waals surface area contributed by atoms with Crippen LogP contribution in [0.3, 0.4) is 0 Å². The molecule has 0 saturated heterocycles. The first-order valence-electron chi connectivity index (χ1n) is 12.6. The average molecular weight is 541 g/mol. The summed E-state index contributed by atoms with van der Waals surface area (Å²) in [5.74, 6) is -0.497. The molecule has 1 heterocycles. The molecule has 190 valence electrons. The lowest BCUT2D eigenvalue weighted by molar-refractivity contribution is 0.0930. The highest BCUT2D eigenvalue weighted by atomic mass is 35.5. The van der Waals surface area contributed by atoms with Crippen LogP contribution in [0.1, 0.15) is 56.3 Å². The van der Waals surface area contributed by atoms with Crippen molar-refractivity contribution in [2.24, 2.45) is 0 Å². The second-order valence-corrected chi connectivity index (χ2v) is 11.4. The molecule has 38 heavy (non-hydrogen) atoms. The highest BCUT2D eigenvalue weighted by molar-refractivity contribution is 7.85. The maximum Gasteiger partial charge on any atom is 0.259 e. The van der Waals surface area contributed by atoms with Crippen molar-refractivity contribution in [3.8, 4) is 0 Å². The quantitative estimate of drug-likeness (QED) is 0.322. The van der Waals surface area contributed by atoms with Gasteiger partial charge in [-0.1, -0.05) is 60.1 Å². The monoisotopic (exact) mass is 540 g/mol. The molecule has 1 aliphatic carbocycles. The van der Waals surface area contributed by atoms with E-state index in [1.807, 2.05) is 24.3 Å². The third-order valence-electron chi connectivity index (χ3n) is 7.18. The van der Waals surface area contributed by atoms with Crippen molar-refractivity contribution in [3.05, 3.63) is 124 Å². The topological polar surface area (TPSA) is 66.5 Å². The Morgan fingerprint density at radius 1 is 0.947 bits per heavy atom. The minimum atomic E-state index is -1.59. The Balaban J connectivity index is 1.40. The minimum Gasteiger partial charge on any atom is -0.345 e. The van der Waals surface area contributed by atoms with Crippen molar-refractivity contribution in [2.75, 3.05) is 4.90 Å². The smallest absolute Gasteiger partial charge is 0.259 e. The molecule has 2 atom stereocenters. The summed E-state index contributed by atoms with van der Waals surface area (Å²) < 4.78 is 13.7. The molecule has 0 fully saturated rings. The van der Waals surface area contributed by atoms with Gasteiger partial charge in [0.2, 0.25) is 0 Å². The van der Waals surface area contributed by atoms with Crippen molar-refractivity contribution >= 4 is 39.9 Å². The van der Waals surface area contributed by atoms with Gasteiger partial charge in [-0.25, -0.2) is 4.21 Å². The van der Waals surface area contributed by atoms with Gasteiger partial charge in [0.05, 0.1) is 44.4 Å². The maximum absolute atomic E-state index is 13.8. The van der Waals surface area contributed by atoms with Crippen LogP contribution in [0.2, 0.25) is 5.02 Å². The van der Waals surface area contributed by atoms with Gasteiger partial charge in [-0.2, -0.15) is 0 Å². The molecular weight excluding hydrogens is 516 g/mol. The van der Waals surface area contributed by atoms with Gasteiger partial charge in [-0.3, -0.25) is 9.59 Å². The SMILES string of the molecule is O=C(N[C@@H]1CCCc2ccccc21)c1ccc2c(c1)N(Cc1cccc(Cl)c1)C(=O)c1ccccc1[S@@]2=O. The number of halogens is 1. The number of benzene rings is 4. The summed E-state index contributed by atoms with van der Waals surface area (Å²) in [6, 6.07) is 27.5. The van der Waals surface area contributed by atoms with E-state index < -0.39 is 10.8 Å². The van der Waals surface area contributed by atoms with Gasteiger partial charge in [-0.05, 0) is 78.4 Å². The summed E-state index contributed by atoms with van der Waals surface area (Å²) in [6.07, 6.45) is 2.88. The van der Waals surface area contributed by atoms with E-state index in [0.29, 0.717) is 31.6 Å². The fraction of sp³-hybridized carbons (Fsp3) is 0.161. The summed E-state index contributed by atoms with van der Waals surface area (Å²) in [5.41, 5.74) is 4.50. The normalized spacial score (nSPS) is 18.1. The number of hydrogen-bond donors (Lipinski definition) is 1. The number of hydrogen-bond acceptors (Lipinski definition) is 3.